The van der Waals surface area contributed by atoms with E-state index in [0.29, 0.717) is 5.75 Å². The summed E-state index contributed by atoms with van der Waals surface area (Å²) >= 11 is 1.47. The van der Waals surface area contributed by atoms with E-state index in [0.717, 1.165) is 51.8 Å². The van der Waals surface area contributed by atoms with E-state index >= 15 is 0 Å². The van der Waals surface area contributed by atoms with Crippen molar-refractivity contribution in [2.45, 2.75) is 44.7 Å². The van der Waals surface area contributed by atoms with E-state index in [4.69, 9.17) is 14.8 Å². The van der Waals surface area contributed by atoms with Gasteiger partial charge in [-0.25, -0.2) is 9.50 Å². The second kappa shape index (κ2) is 10.7. The molecular weight excluding hydrogens is 444 g/mol. The van der Waals surface area contributed by atoms with Crippen LogP contribution in [-0.2, 0) is 11.2 Å². The lowest BCUT2D eigenvalue weighted by molar-refractivity contribution is -0.119. The van der Waals surface area contributed by atoms with Crippen LogP contribution in [0.3, 0.4) is 0 Å². The summed E-state index contributed by atoms with van der Waals surface area (Å²) in [6, 6.07) is 20.3. The minimum absolute atomic E-state index is 0.0157. The van der Waals surface area contributed by atoms with E-state index in [1.165, 1.54) is 17.3 Å². The number of thioether (sulfide) groups is 1. The smallest absolute Gasteiger partial charge is 0.230 e. The summed E-state index contributed by atoms with van der Waals surface area (Å²) in [6.45, 7) is 5.99. The van der Waals surface area contributed by atoms with Crippen molar-refractivity contribution in [3.8, 4) is 16.9 Å². The molecule has 2 aromatic carbocycles. The van der Waals surface area contributed by atoms with Crippen LogP contribution in [0.4, 0.5) is 0 Å². The molecule has 1 unspecified atom stereocenters. The quantitative estimate of drug-likeness (QED) is 0.265. The van der Waals surface area contributed by atoms with Gasteiger partial charge in [-0.3, -0.25) is 4.79 Å². The highest BCUT2D eigenvalue weighted by Crippen LogP contribution is 2.35. The zero-order valence-electron chi connectivity index (χ0n) is 20.0. The molecule has 6 nitrogen and oxygen atoms in total. The van der Waals surface area contributed by atoms with E-state index in [9.17, 15) is 4.79 Å². The first-order chi connectivity index (χ1) is 16.5. The van der Waals surface area contributed by atoms with Crippen molar-refractivity contribution in [1.29, 1.82) is 0 Å². The molecule has 0 spiro atoms. The lowest BCUT2D eigenvalue weighted by Crippen LogP contribution is -2.34. The third-order valence-electron chi connectivity index (χ3n) is 5.70. The number of carbonyl (C=O) groups excluding carboxylic acids is 1. The Morgan fingerprint density at radius 1 is 1.12 bits per heavy atom. The molecule has 0 bridgehead atoms. The van der Waals surface area contributed by atoms with Crippen LogP contribution in [0.25, 0.3) is 16.8 Å². The summed E-state index contributed by atoms with van der Waals surface area (Å²) in [4.78, 5) is 17.4. The Kier molecular flexibility index (Phi) is 7.53. The molecule has 0 saturated heterocycles. The molecule has 0 aliphatic rings. The zero-order valence-corrected chi connectivity index (χ0v) is 20.9. The molecule has 176 valence electrons. The fourth-order valence-electron chi connectivity index (χ4n) is 4.04. The maximum Gasteiger partial charge on any atom is 0.230 e. The second-order valence-electron chi connectivity index (χ2n) is 8.41. The van der Waals surface area contributed by atoms with Gasteiger partial charge in [0, 0.05) is 17.3 Å². The van der Waals surface area contributed by atoms with Gasteiger partial charge in [0.05, 0.1) is 24.1 Å². The number of aryl methyl sites for hydroxylation is 3. The SMILES string of the molecule is COc1ccccc1-c1c(C)nn2c(SCC(=O)NC(C)CCc3ccccc3)cc(C)nc12. The van der Waals surface area contributed by atoms with Crippen molar-refractivity contribution in [2.75, 3.05) is 12.9 Å². The number of methoxy groups -OCH3 is 1. The van der Waals surface area contributed by atoms with Crippen molar-refractivity contribution >= 4 is 23.3 Å². The third-order valence-corrected chi connectivity index (χ3v) is 6.70. The number of carbonyl (C=O) groups is 1. The van der Waals surface area contributed by atoms with Crippen molar-refractivity contribution < 1.29 is 9.53 Å². The van der Waals surface area contributed by atoms with Gasteiger partial charge in [0.15, 0.2) is 5.65 Å². The second-order valence-corrected chi connectivity index (χ2v) is 9.41. The van der Waals surface area contributed by atoms with Gasteiger partial charge in [-0.1, -0.05) is 60.3 Å². The molecule has 4 rings (SSSR count). The molecule has 1 atom stereocenters. The number of benzene rings is 2. The van der Waals surface area contributed by atoms with Crippen molar-refractivity contribution in [1.82, 2.24) is 19.9 Å². The largest absolute Gasteiger partial charge is 0.496 e. The highest BCUT2D eigenvalue weighted by molar-refractivity contribution is 7.99. The van der Waals surface area contributed by atoms with Crippen LogP contribution in [0, 0.1) is 13.8 Å². The van der Waals surface area contributed by atoms with E-state index in [-0.39, 0.29) is 11.9 Å². The number of aromatic nitrogens is 3. The Balaban J connectivity index is 1.48. The van der Waals surface area contributed by atoms with Crippen molar-refractivity contribution in [2.24, 2.45) is 0 Å². The summed E-state index contributed by atoms with van der Waals surface area (Å²) in [5.74, 6) is 1.11. The van der Waals surface area contributed by atoms with Crippen LogP contribution in [-0.4, -0.2) is 39.4 Å². The Bertz CT molecular complexity index is 1290. The van der Waals surface area contributed by atoms with Crippen LogP contribution in [0.2, 0.25) is 0 Å². The van der Waals surface area contributed by atoms with Gasteiger partial charge in [-0.2, -0.15) is 5.10 Å². The average Bonchev–Trinajstić information content (AvgIpc) is 3.17. The number of nitrogens with one attached hydrogen (secondary N) is 1. The molecule has 0 fully saturated rings. The van der Waals surface area contributed by atoms with E-state index in [2.05, 4.69) is 24.4 Å². The molecule has 0 radical (unpaired) electrons. The van der Waals surface area contributed by atoms with Crippen molar-refractivity contribution in [3.05, 3.63) is 77.6 Å². The van der Waals surface area contributed by atoms with Gasteiger partial charge >= 0.3 is 0 Å². The van der Waals surface area contributed by atoms with Gasteiger partial charge in [0.2, 0.25) is 5.91 Å². The van der Waals surface area contributed by atoms with E-state index in [1.54, 1.807) is 7.11 Å². The first-order valence-corrected chi connectivity index (χ1v) is 12.4. The Morgan fingerprint density at radius 2 is 1.85 bits per heavy atom. The molecule has 0 saturated carbocycles. The van der Waals surface area contributed by atoms with Crippen LogP contribution in [0.1, 0.15) is 30.3 Å². The van der Waals surface area contributed by atoms with Crippen LogP contribution in [0.15, 0.2) is 65.7 Å². The molecule has 4 aromatic rings. The van der Waals surface area contributed by atoms with Crippen LogP contribution in [0.5, 0.6) is 5.75 Å². The minimum atomic E-state index is 0.0157. The average molecular weight is 475 g/mol. The highest BCUT2D eigenvalue weighted by Gasteiger charge is 2.19. The topological polar surface area (TPSA) is 68.5 Å². The summed E-state index contributed by atoms with van der Waals surface area (Å²) < 4.78 is 7.41. The third kappa shape index (κ3) is 5.42. The predicted molar refractivity (Wildman–Crippen MR) is 138 cm³/mol. The van der Waals surface area contributed by atoms with Gasteiger partial charge in [0.25, 0.3) is 0 Å². The standard InChI is InChI=1S/C27H30N4O2S/c1-18(14-15-21-10-6-5-7-11-21)28-24(32)17-34-25-16-19(2)29-27-26(20(3)30-31(25)27)22-12-8-9-13-23(22)33-4/h5-13,16,18H,14-15,17H2,1-4H3,(H,28,32). The number of amides is 1. The zero-order chi connectivity index (χ0) is 24.1. The fourth-order valence-corrected chi connectivity index (χ4v) is 4.90. The fraction of sp³-hybridized carbons (Fsp3) is 0.296. The summed E-state index contributed by atoms with van der Waals surface area (Å²) in [6.07, 6.45) is 1.84. The normalized spacial score (nSPS) is 12.0. The van der Waals surface area contributed by atoms with Gasteiger partial charge < -0.3 is 10.1 Å². The maximum atomic E-state index is 12.6. The number of ether oxygens (including phenoxy) is 1. The summed E-state index contributed by atoms with van der Waals surface area (Å²) in [5, 5.41) is 8.76. The first kappa shape index (κ1) is 23.8. The molecule has 7 heteroatoms. The van der Waals surface area contributed by atoms with E-state index < -0.39 is 0 Å². The lowest BCUT2D eigenvalue weighted by atomic mass is 10.1. The number of hydrogen-bond donors (Lipinski definition) is 1. The number of hydrogen-bond acceptors (Lipinski definition) is 5. The summed E-state index contributed by atoms with van der Waals surface area (Å²) in [7, 11) is 1.67. The van der Waals surface area contributed by atoms with Crippen molar-refractivity contribution in [3.63, 3.8) is 0 Å². The lowest BCUT2D eigenvalue weighted by Gasteiger charge is -2.14. The van der Waals surface area contributed by atoms with Gasteiger partial charge in [-0.05, 0) is 51.3 Å². The molecule has 0 aliphatic carbocycles. The highest BCUT2D eigenvalue weighted by atomic mass is 32.2. The predicted octanol–water partition coefficient (Wildman–Crippen LogP) is 5.25. The minimum Gasteiger partial charge on any atom is -0.496 e. The number of nitrogens with zero attached hydrogens (tertiary/aromatic N) is 3. The molecular formula is C27H30N4O2S. The monoisotopic (exact) mass is 474 g/mol. The molecule has 2 aromatic heterocycles. The van der Waals surface area contributed by atoms with Crippen LogP contribution < -0.4 is 10.1 Å². The Labute approximate surface area is 204 Å². The molecule has 2 heterocycles. The van der Waals surface area contributed by atoms with E-state index in [1.807, 2.05) is 66.9 Å². The Hall–Kier alpha value is -3.32. The van der Waals surface area contributed by atoms with Gasteiger partial charge in [0.1, 0.15) is 10.8 Å². The summed E-state index contributed by atoms with van der Waals surface area (Å²) in [5.41, 5.74) is 5.69. The first-order valence-electron chi connectivity index (χ1n) is 11.4. The molecule has 1 N–H and O–H groups in total. The van der Waals surface area contributed by atoms with Crippen LogP contribution >= 0.6 is 11.8 Å². The van der Waals surface area contributed by atoms with Gasteiger partial charge in [-0.15, -0.1) is 0 Å². The Morgan fingerprint density at radius 3 is 2.62 bits per heavy atom. The molecule has 0 aliphatic heterocycles. The number of fused-ring (bicyclic) bond motifs is 1. The number of rotatable bonds is 9. The molecule has 34 heavy (non-hydrogen) atoms. The maximum absolute atomic E-state index is 12.6. The number of para-hydroxylation sites is 1. The molecule has 1 amide bonds.